The molecule has 0 unspecified atom stereocenters. The number of hydrogen-bond acceptors (Lipinski definition) is 3. The molecule has 1 rings (SSSR count). The number of nitrogens with two attached hydrogens (primary N) is 1. The van der Waals surface area contributed by atoms with Crippen molar-refractivity contribution in [1.29, 1.82) is 0 Å². The van der Waals surface area contributed by atoms with Crippen LogP contribution in [0.2, 0.25) is 0 Å². The quantitative estimate of drug-likeness (QED) is 0.809. The van der Waals surface area contributed by atoms with E-state index in [4.69, 9.17) is 10.2 Å². The Kier molecular flexibility index (Phi) is 4.21. The molecule has 0 fully saturated rings. The van der Waals surface area contributed by atoms with E-state index in [1.165, 1.54) is 0 Å². The first-order valence-electron chi connectivity index (χ1n) is 5.33. The molecule has 0 saturated carbocycles. The summed E-state index contributed by atoms with van der Waals surface area (Å²) >= 11 is 0. The summed E-state index contributed by atoms with van der Waals surface area (Å²) in [6, 6.07) is 3.22. The molecular weight excluding hydrogens is 192 g/mol. The second-order valence-corrected chi connectivity index (χ2v) is 3.44. The summed E-state index contributed by atoms with van der Waals surface area (Å²) in [5.74, 6) is 0.526. The highest BCUT2D eigenvalue weighted by molar-refractivity contribution is 5.91. The van der Waals surface area contributed by atoms with Gasteiger partial charge in [0.2, 0.25) is 0 Å². The van der Waals surface area contributed by atoms with Gasteiger partial charge < -0.3 is 15.1 Å². The third kappa shape index (κ3) is 3.01. The van der Waals surface area contributed by atoms with E-state index in [1.807, 2.05) is 6.92 Å². The van der Waals surface area contributed by atoms with Crippen LogP contribution < -0.4 is 5.73 Å². The molecule has 2 N–H and O–H groups in total. The Morgan fingerprint density at radius 1 is 1.47 bits per heavy atom. The summed E-state index contributed by atoms with van der Waals surface area (Å²) in [5, 5.41) is 0. The Hall–Kier alpha value is -1.45. The third-order valence-electron chi connectivity index (χ3n) is 2.29. The molecule has 84 valence electrons. The minimum Gasteiger partial charge on any atom is -0.436 e. The molecule has 0 bridgehead atoms. The minimum atomic E-state index is -0.0809. The van der Waals surface area contributed by atoms with Gasteiger partial charge in [0.05, 0.1) is 0 Å². The maximum Gasteiger partial charge on any atom is 0.289 e. The van der Waals surface area contributed by atoms with Crippen LogP contribution in [0.5, 0.6) is 0 Å². The molecular formula is C11H18N2O2. The van der Waals surface area contributed by atoms with Gasteiger partial charge in [-0.2, -0.15) is 0 Å². The van der Waals surface area contributed by atoms with Gasteiger partial charge in [-0.1, -0.05) is 13.3 Å². The SMILES string of the molecule is CCCCN(CC)C(=O)c1ccc(N)o1. The summed E-state index contributed by atoms with van der Waals surface area (Å²) in [6.45, 7) is 5.52. The van der Waals surface area contributed by atoms with Gasteiger partial charge >= 0.3 is 0 Å². The van der Waals surface area contributed by atoms with Crippen LogP contribution in [0.25, 0.3) is 0 Å². The summed E-state index contributed by atoms with van der Waals surface area (Å²) in [5.41, 5.74) is 5.42. The van der Waals surface area contributed by atoms with Gasteiger partial charge in [0.1, 0.15) is 0 Å². The molecule has 1 aromatic rings. The second kappa shape index (κ2) is 5.44. The van der Waals surface area contributed by atoms with E-state index in [2.05, 4.69) is 6.92 Å². The van der Waals surface area contributed by atoms with Crippen molar-refractivity contribution in [3.63, 3.8) is 0 Å². The van der Waals surface area contributed by atoms with E-state index >= 15 is 0 Å². The molecule has 0 aromatic carbocycles. The zero-order chi connectivity index (χ0) is 11.3. The van der Waals surface area contributed by atoms with E-state index in [0.717, 1.165) is 19.4 Å². The highest BCUT2D eigenvalue weighted by atomic mass is 16.4. The smallest absolute Gasteiger partial charge is 0.289 e. The Bertz CT molecular complexity index is 320. The first-order valence-corrected chi connectivity index (χ1v) is 5.33. The number of furan rings is 1. The van der Waals surface area contributed by atoms with Crippen molar-refractivity contribution >= 4 is 11.8 Å². The number of amides is 1. The van der Waals surface area contributed by atoms with Crippen LogP contribution in [0, 0.1) is 0 Å². The summed E-state index contributed by atoms with van der Waals surface area (Å²) in [6.07, 6.45) is 2.08. The van der Waals surface area contributed by atoms with Crippen LogP contribution in [0.15, 0.2) is 16.5 Å². The van der Waals surface area contributed by atoms with E-state index < -0.39 is 0 Å². The van der Waals surface area contributed by atoms with Crippen LogP contribution in [-0.2, 0) is 0 Å². The number of nitrogen functional groups attached to an aromatic ring is 1. The molecule has 0 aliphatic carbocycles. The lowest BCUT2D eigenvalue weighted by Crippen LogP contribution is -2.31. The number of anilines is 1. The monoisotopic (exact) mass is 210 g/mol. The van der Waals surface area contributed by atoms with Crippen LogP contribution >= 0.6 is 0 Å². The van der Waals surface area contributed by atoms with Crippen LogP contribution in [0.3, 0.4) is 0 Å². The molecule has 1 amide bonds. The molecule has 1 aromatic heterocycles. The fourth-order valence-electron chi connectivity index (χ4n) is 1.38. The van der Waals surface area contributed by atoms with Crippen molar-refractivity contribution < 1.29 is 9.21 Å². The van der Waals surface area contributed by atoms with E-state index in [1.54, 1.807) is 17.0 Å². The van der Waals surface area contributed by atoms with Crippen molar-refractivity contribution in [2.45, 2.75) is 26.7 Å². The van der Waals surface area contributed by atoms with Crippen molar-refractivity contribution in [2.24, 2.45) is 0 Å². The zero-order valence-corrected chi connectivity index (χ0v) is 9.32. The summed E-state index contributed by atoms with van der Waals surface area (Å²) in [7, 11) is 0. The first-order chi connectivity index (χ1) is 7.19. The predicted octanol–water partition coefficient (Wildman–Crippen LogP) is 2.12. The molecule has 0 saturated heterocycles. The highest BCUT2D eigenvalue weighted by Crippen LogP contribution is 2.12. The summed E-state index contributed by atoms with van der Waals surface area (Å²) in [4.78, 5) is 13.6. The van der Waals surface area contributed by atoms with Gasteiger partial charge in [0.15, 0.2) is 11.6 Å². The van der Waals surface area contributed by atoms with Crippen molar-refractivity contribution in [1.82, 2.24) is 4.90 Å². The predicted molar refractivity (Wildman–Crippen MR) is 59.6 cm³/mol. The van der Waals surface area contributed by atoms with Gasteiger partial charge in [-0.05, 0) is 19.4 Å². The molecule has 0 spiro atoms. The lowest BCUT2D eigenvalue weighted by Gasteiger charge is -2.18. The fraction of sp³-hybridized carbons (Fsp3) is 0.545. The van der Waals surface area contributed by atoms with Gasteiger partial charge in [0.25, 0.3) is 5.91 Å². The van der Waals surface area contributed by atoms with E-state index in [-0.39, 0.29) is 11.8 Å². The summed E-state index contributed by atoms with van der Waals surface area (Å²) < 4.78 is 5.09. The van der Waals surface area contributed by atoms with Crippen LogP contribution in [0.4, 0.5) is 5.88 Å². The highest BCUT2D eigenvalue weighted by Gasteiger charge is 2.16. The molecule has 4 heteroatoms. The third-order valence-corrected chi connectivity index (χ3v) is 2.29. The molecule has 0 atom stereocenters. The molecule has 0 aliphatic rings. The van der Waals surface area contributed by atoms with Crippen molar-refractivity contribution in [3.8, 4) is 0 Å². The normalized spacial score (nSPS) is 10.3. The number of hydrogen-bond donors (Lipinski definition) is 1. The Labute approximate surface area is 90.0 Å². The van der Waals surface area contributed by atoms with Gasteiger partial charge in [-0.25, -0.2) is 0 Å². The van der Waals surface area contributed by atoms with E-state index in [0.29, 0.717) is 12.3 Å². The number of unbranched alkanes of at least 4 members (excludes halogenated alkanes) is 1. The Morgan fingerprint density at radius 3 is 2.67 bits per heavy atom. The van der Waals surface area contributed by atoms with Gasteiger partial charge in [0, 0.05) is 19.2 Å². The molecule has 0 radical (unpaired) electrons. The average molecular weight is 210 g/mol. The van der Waals surface area contributed by atoms with Crippen molar-refractivity contribution in [3.05, 3.63) is 17.9 Å². The van der Waals surface area contributed by atoms with Crippen molar-refractivity contribution in [2.75, 3.05) is 18.8 Å². The second-order valence-electron chi connectivity index (χ2n) is 3.44. The Morgan fingerprint density at radius 2 is 2.20 bits per heavy atom. The van der Waals surface area contributed by atoms with Crippen LogP contribution in [-0.4, -0.2) is 23.9 Å². The number of carbonyl (C=O) groups excluding carboxylic acids is 1. The number of rotatable bonds is 5. The molecule has 15 heavy (non-hydrogen) atoms. The van der Waals surface area contributed by atoms with Gasteiger partial charge in [-0.15, -0.1) is 0 Å². The molecule has 0 aliphatic heterocycles. The average Bonchev–Trinajstić information content (AvgIpc) is 2.65. The van der Waals surface area contributed by atoms with Crippen LogP contribution in [0.1, 0.15) is 37.2 Å². The maximum atomic E-state index is 11.9. The zero-order valence-electron chi connectivity index (χ0n) is 9.32. The lowest BCUT2D eigenvalue weighted by atomic mass is 10.3. The standard InChI is InChI=1S/C11H18N2O2/c1-3-5-8-13(4-2)11(14)9-6-7-10(12)15-9/h6-7H,3-5,8,12H2,1-2H3. The molecule has 1 heterocycles. The maximum absolute atomic E-state index is 11.9. The minimum absolute atomic E-state index is 0.0809. The fourth-order valence-corrected chi connectivity index (χ4v) is 1.38. The number of nitrogens with zero attached hydrogens (tertiary/aromatic N) is 1. The van der Waals surface area contributed by atoms with Gasteiger partial charge in [-0.3, -0.25) is 4.79 Å². The number of carbonyl (C=O) groups is 1. The Balaban J connectivity index is 2.64. The largest absolute Gasteiger partial charge is 0.436 e. The topological polar surface area (TPSA) is 59.5 Å². The molecule has 4 nitrogen and oxygen atoms in total. The van der Waals surface area contributed by atoms with E-state index in [9.17, 15) is 4.79 Å². The lowest BCUT2D eigenvalue weighted by molar-refractivity contribution is 0.0731. The first kappa shape index (κ1) is 11.6.